The lowest BCUT2D eigenvalue weighted by molar-refractivity contribution is -0.144. The number of aryl methyl sites for hydroxylation is 1. The Labute approximate surface area is 281 Å². The van der Waals surface area contributed by atoms with Crippen LogP contribution >= 0.6 is 11.3 Å². The molecule has 4 rings (SSSR count). The molecule has 0 spiro atoms. The van der Waals surface area contributed by atoms with Crippen LogP contribution in [0.1, 0.15) is 72.2 Å². The van der Waals surface area contributed by atoms with E-state index in [2.05, 4.69) is 15.6 Å². The van der Waals surface area contributed by atoms with Gasteiger partial charge >= 0.3 is 6.09 Å². The highest BCUT2D eigenvalue weighted by Gasteiger charge is 2.45. The number of carbonyl (C=O) groups is 4. The minimum Gasteiger partial charge on any atom is -0.444 e. The summed E-state index contributed by atoms with van der Waals surface area (Å²) in [7, 11) is 0. The van der Waals surface area contributed by atoms with Gasteiger partial charge in [0.1, 0.15) is 17.7 Å². The van der Waals surface area contributed by atoms with E-state index in [1.54, 1.807) is 16.2 Å². The fourth-order valence-electron chi connectivity index (χ4n) is 5.84. The number of likely N-dealkylation sites (tertiary alicyclic amines) is 1. The summed E-state index contributed by atoms with van der Waals surface area (Å²) in [4.78, 5) is 63.5. The summed E-state index contributed by atoms with van der Waals surface area (Å²) in [6, 6.07) is 5.82. The third-order valence-electron chi connectivity index (χ3n) is 8.45. The number of hydrogen-bond donors (Lipinski definition) is 3. The Morgan fingerprint density at radius 2 is 1.66 bits per heavy atom. The summed E-state index contributed by atoms with van der Waals surface area (Å²) < 4.78 is 5.45. The number of β-amino-alcohol motifs (C(OH)–C–C–N with tert-alkyl or cyclic N) is 1. The lowest BCUT2D eigenvalue weighted by Gasteiger charge is -2.37. The molecule has 258 valence electrons. The first-order chi connectivity index (χ1) is 21.9. The largest absolute Gasteiger partial charge is 0.444 e. The van der Waals surface area contributed by atoms with Crippen LogP contribution in [0, 0.1) is 12.3 Å². The topological polar surface area (TPSA) is 144 Å². The number of aromatic nitrogens is 1. The summed E-state index contributed by atoms with van der Waals surface area (Å²) in [6.07, 6.45) is -1.12. The highest BCUT2D eigenvalue weighted by Crippen LogP contribution is 2.29. The number of amides is 4. The number of hydrogen-bond acceptors (Lipinski definition) is 9. The first kappa shape index (κ1) is 36.3. The average molecular weight is 671 g/mol. The maximum Gasteiger partial charge on any atom is 0.410 e. The van der Waals surface area contributed by atoms with E-state index < -0.39 is 35.1 Å². The van der Waals surface area contributed by atoms with Crippen LogP contribution in [-0.2, 0) is 19.1 Å². The number of ether oxygens (including phenoxy) is 1. The van der Waals surface area contributed by atoms with Gasteiger partial charge in [-0.2, -0.15) is 0 Å². The minimum absolute atomic E-state index is 0.00325. The molecule has 2 aromatic rings. The van der Waals surface area contributed by atoms with Crippen molar-refractivity contribution in [3.8, 4) is 10.4 Å². The zero-order valence-electron chi connectivity index (χ0n) is 28.8. The van der Waals surface area contributed by atoms with Crippen molar-refractivity contribution in [1.82, 2.24) is 30.3 Å². The number of nitrogens with one attached hydrogen (secondary N) is 2. The molecule has 0 radical (unpaired) electrons. The lowest BCUT2D eigenvalue weighted by atomic mass is 9.85. The van der Waals surface area contributed by atoms with Gasteiger partial charge in [-0.25, -0.2) is 9.78 Å². The standard InChI is InChI=1S/C34H50N6O6S/c1-21(23-9-11-24(12-10-23)28-22(2)35-20-47-28)36-30(43)26-17-25(41)18-40(26)31(44)29(33(3,4)5)37-27(42)19-38-13-15-39(16-14-38)32(45)46-34(6,7)8/h9-12,20-21,25-26,29,41H,13-19H2,1-8H3,(H,36,43)(H,37,42)/t21-,25+,26-,29+/m0/s1. The average Bonchev–Trinajstić information content (AvgIpc) is 3.59. The molecule has 47 heavy (non-hydrogen) atoms. The van der Waals surface area contributed by atoms with E-state index in [4.69, 9.17) is 4.74 Å². The van der Waals surface area contributed by atoms with E-state index >= 15 is 0 Å². The Balaban J connectivity index is 1.36. The first-order valence-corrected chi connectivity index (χ1v) is 17.1. The van der Waals surface area contributed by atoms with Crippen molar-refractivity contribution < 1.29 is 29.0 Å². The summed E-state index contributed by atoms with van der Waals surface area (Å²) in [5.74, 6) is -1.09. The summed E-state index contributed by atoms with van der Waals surface area (Å²) >= 11 is 1.58. The molecule has 3 heterocycles. The second-order valence-corrected chi connectivity index (χ2v) is 15.5. The zero-order valence-corrected chi connectivity index (χ0v) is 29.6. The normalized spacial score (nSPS) is 20.4. The van der Waals surface area contributed by atoms with E-state index in [0.717, 1.165) is 21.7 Å². The molecule has 4 amide bonds. The van der Waals surface area contributed by atoms with Gasteiger partial charge in [0, 0.05) is 39.1 Å². The molecule has 13 heteroatoms. The Morgan fingerprint density at radius 1 is 1.02 bits per heavy atom. The van der Waals surface area contributed by atoms with Gasteiger partial charge in [0.15, 0.2) is 0 Å². The summed E-state index contributed by atoms with van der Waals surface area (Å²) in [5.41, 5.74) is 3.50. The van der Waals surface area contributed by atoms with Gasteiger partial charge in [0.05, 0.1) is 34.8 Å². The van der Waals surface area contributed by atoms with Crippen molar-refractivity contribution in [3.05, 3.63) is 41.0 Å². The van der Waals surface area contributed by atoms with Crippen molar-refractivity contribution in [1.29, 1.82) is 0 Å². The minimum atomic E-state index is -0.918. The molecule has 1 aromatic carbocycles. The van der Waals surface area contributed by atoms with Crippen LogP contribution in [0.2, 0.25) is 0 Å². The smallest absolute Gasteiger partial charge is 0.410 e. The van der Waals surface area contributed by atoms with Crippen LogP contribution in [0.3, 0.4) is 0 Å². The third kappa shape index (κ3) is 9.51. The van der Waals surface area contributed by atoms with Gasteiger partial charge in [-0.05, 0) is 51.2 Å². The maximum atomic E-state index is 14.0. The Bertz CT molecular complexity index is 1420. The monoisotopic (exact) mass is 670 g/mol. The molecule has 2 fully saturated rings. The fourth-order valence-corrected chi connectivity index (χ4v) is 6.65. The Hall–Kier alpha value is -3.55. The number of benzene rings is 1. The molecule has 3 N–H and O–H groups in total. The second-order valence-electron chi connectivity index (χ2n) is 14.6. The Morgan fingerprint density at radius 3 is 2.21 bits per heavy atom. The van der Waals surface area contributed by atoms with Crippen LogP contribution in [0.4, 0.5) is 4.79 Å². The Kier molecular flexibility index (Phi) is 11.3. The molecule has 2 aliphatic heterocycles. The van der Waals surface area contributed by atoms with Gasteiger partial charge in [-0.3, -0.25) is 19.3 Å². The molecule has 2 saturated heterocycles. The molecule has 0 aliphatic carbocycles. The quantitative estimate of drug-likeness (QED) is 0.388. The van der Waals surface area contributed by atoms with Crippen LogP contribution in [0.5, 0.6) is 0 Å². The first-order valence-electron chi connectivity index (χ1n) is 16.2. The van der Waals surface area contributed by atoms with Gasteiger partial charge < -0.3 is 30.3 Å². The molecule has 4 atom stereocenters. The van der Waals surface area contributed by atoms with E-state index in [0.29, 0.717) is 26.2 Å². The zero-order chi connectivity index (χ0) is 34.7. The number of rotatable bonds is 8. The van der Waals surface area contributed by atoms with Crippen molar-refractivity contribution in [2.75, 3.05) is 39.3 Å². The highest BCUT2D eigenvalue weighted by atomic mass is 32.1. The van der Waals surface area contributed by atoms with Gasteiger partial charge in [0.25, 0.3) is 0 Å². The van der Waals surface area contributed by atoms with Gasteiger partial charge in [-0.15, -0.1) is 11.3 Å². The van der Waals surface area contributed by atoms with Gasteiger partial charge in [0.2, 0.25) is 17.7 Å². The number of piperazine rings is 1. The summed E-state index contributed by atoms with van der Waals surface area (Å²) in [6.45, 7) is 16.8. The van der Waals surface area contributed by atoms with E-state index in [-0.39, 0.29) is 43.5 Å². The van der Waals surface area contributed by atoms with E-state index in [1.165, 1.54) is 4.90 Å². The molecular weight excluding hydrogens is 620 g/mol. The number of carbonyl (C=O) groups excluding carboxylic acids is 4. The molecule has 12 nitrogen and oxygen atoms in total. The van der Waals surface area contributed by atoms with Crippen molar-refractivity contribution in [2.24, 2.45) is 5.41 Å². The maximum absolute atomic E-state index is 14.0. The predicted octanol–water partition coefficient (Wildman–Crippen LogP) is 3.34. The van der Waals surface area contributed by atoms with Crippen molar-refractivity contribution in [2.45, 2.75) is 91.6 Å². The second kappa shape index (κ2) is 14.7. The van der Waals surface area contributed by atoms with Gasteiger partial charge in [-0.1, -0.05) is 45.0 Å². The molecule has 0 saturated carbocycles. The molecule has 2 aliphatic rings. The van der Waals surface area contributed by atoms with E-state index in [9.17, 15) is 24.3 Å². The fraction of sp³-hybridized carbons (Fsp3) is 0.618. The third-order valence-corrected chi connectivity index (χ3v) is 9.43. The highest BCUT2D eigenvalue weighted by molar-refractivity contribution is 7.13. The molecule has 0 unspecified atom stereocenters. The molecule has 0 bridgehead atoms. The molecular formula is C34H50N6O6S. The SMILES string of the molecule is Cc1ncsc1-c1ccc([C@H](C)NC(=O)[C@@H]2C[C@@H](O)CN2C(=O)[C@@H](NC(=O)CN2CCN(C(=O)OC(C)(C)C)CC2)C(C)(C)C)cc1. The van der Waals surface area contributed by atoms with E-state index in [1.807, 2.05) is 90.1 Å². The van der Waals surface area contributed by atoms with Crippen LogP contribution < -0.4 is 10.6 Å². The predicted molar refractivity (Wildman–Crippen MR) is 181 cm³/mol. The molecule has 1 aromatic heterocycles. The van der Waals surface area contributed by atoms with Crippen molar-refractivity contribution in [3.63, 3.8) is 0 Å². The van der Waals surface area contributed by atoms with Crippen LogP contribution in [0.15, 0.2) is 29.8 Å². The van der Waals surface area contributed by atoms with Crippen LogP contribution in [0.25, 0.3) is 10.4 Å². The number of aliphatic hydroxyl groups is 1. The number of nitrogens with zero attached hydrogens (tertiary/aromatic N) is 4. The number of aliphatic hydroxyl groups excluding tert-OH is 1. The lowest BCUT2D eigenvalue weighted by Crippen LogP contribution is -2.59. The summed E-state index contributed by atoms with van der Waals surface area (Å²) in [5, 5.41) is 16.5. The number of thiazole rings is 1. The van der Waals surface area contributed by atoms with Crippen LogP contribution in [-0.4, -0.2) is 112 Å². The van der Waals surface area contributed by atoms with Crippen molar-refractivity contribution >= 4 is 35.2 Å².